The monoisotopic (exact) mass is 219 g/mol. The van der Waals surface area contributed by atoms with Crippen LogP contribution in [-0.2, 0) is 6.42 Å². The van der Waals surface area contributed by atoms with Crippen molar-refractivity contribution in [1.82, 2.24) is 0 Å². The molecule has 88 valence electrons. The van der Waals surface area contributed by atoms with Crippen molar-refractivity contribution in [2.24, 2.45) is 5.73 Å². The van der Waals surface area contributed by atoms with E-state index in [0.717, 1.165) is 18.6 Å². The average Bonchev–Trinajstić information content (AvgIpc) is 2.75. The van der Waals surface area contributed by atoms with Crippen LogP contribution in [0, 0.1) is 0 Å². The van der Waals surface area contributed by atoms with Crippen LogP contribution in [0.3, 0.4) is 0 Å². The van der Waals surface area contributed by atoms with E-state index in [4.69, 9.17) is 10.5 Å². The van der Waals surface area contributed by atoms with Gasteiger partial charge in [0, 0.05) is 5.54 Å². The standard InChI is InChI=1S/C14H21NO/c1-16-13-6-4-5-12(11-13)7-10-14(15)8-2-3-9-14/h4-6,11H,2-3,7-10,15H2,1H3. The van der Waals surface area contributed by atoms with Crippen LogP contribution in [0.4, 0.5) is 0 Å². The Balaban J connectivity index is 1.93. The van der Waals surface area contributed by atoms with Gasteiger partial charge in [-0.2, -0.15) is 0 Å². The molecule has 0 unspecified atom stereocenters. The predicted molar refractivity (Wildman–Crippen MR) is 66.7 cm³/mol. The zero-order chi connectivity index (χ0) is 11.4. The number of nitrogens with two attached hydrogens (primary N) is 1. The quantitative estimate of drug-likeness (QED) is 0.845. The van der Waals surface area contributed by atoms with Crippen LogP contribution in [0.15, 0.2) is 24.3 Å². The highest BCUT2D eigenvalue weighted by molar-refractivity contribution is 5.28. The largest absolute Gasteiger partial charge is 0.497 e. The summed E-state index contributed by atoms with van der Waals surface area (Å²) in [4.78, 5) is 0. The van der Waals surface area contributed by atoms with E-state index in [9.17, 15) is 0 Å². The van der Waals surface area contributed by atoms with E-state index in [1.165, 1.54) is 31.2 Å². The first-order valence-electron chi connectivity index (χ1n) is 6.14. The second-order valence-corrected chi connectivity index (χ2v) is 4.92. The third kappa shape index (κ3) is 2.76. The predicted octanol–water partition coefficient (Wildman–Crippen LogP) is 2.90. The second-order valence-electron chi connectivity index (χ2n) is 4.92. The molecule has 2 rings (SSSR count). The molecule has 0 aliphatic heterocycles. The summed E-state index contributed by atoms with van der Waals surface area (Å²) in [5.74, 6) is 0.940. The van der Waals surface area contributed by atoms with E-state index in [1.54, 1.807) is 7.11 Å². The minimum atomic E-state index is 0.100. The van der Waals surface area contributed by atoms with Crippen LogP contribution in [-0.4, -0.2) is 12.6 Å². The average molecular weight is 219 g/mol. The van der Waals surface area contributed by atoms with Gasteiger partial charge in [0.2, 0.25) is 0 Å². The lowest BCUT2D eigenvalue weighted by atomic mass is 9.91. The van der Waals surface area contributed by atoms with Crippen LogP contribution >= 0.6 is 0 Å². The van der Waals surface area contributed by atoms with Crippen LogP contribution < -0.4 is 10.5 Å². The Morgan fingerprint density at radius 1 is 1.31 bits per heavy atom. The number of methoxy groups -OCH3 is 1. The summed E-state index contributed by atoms with van der Waals surface area (Å²) in [6, 6.07) is 8.29. The fourth-order valence-electron chi connectivity index (χ4n) is 2.55. The molecule has 0 saturated heterocycles. The van der Waals surface area contributed by atoms with Gasteiger partial charge in [0.15, 0.2) is 0 Å². The molecule has 0 heterocycles. The molecule has 2 nitrogen and oxygen atoms in total. The maximum atomic E-state index is 6.35. The van der Waals surface area contributed by atoms with Gasteiger partial charge in [-0.05, 0) is 43.4 Å². The first-order chi connectivity index (χ1) is 7.72. The third-order valence-electron chi connectivity index (χ3n) is 3.65. The fourth-order valence-corrected chi connectivity index (χ4v) is 2.55. The van der Waals surface area contributed by atoms with Crippen LogP contribution in [0.5, 0.6) is 5.75 Å². The number of aryl methyl sites for hydroxylation is 1. The molecule has 0 bridgehead atoms. The van der Waals surface area contributed by atoms with Gasteiger partial charge in [0.25, 0.3) is 0 Å². The number of rotatable bonds is 4. The lowest BCUT2D eigenvalue weighted by Crippen LogP contribution is -2.36. The summed E-state index contributed by atoms with van der Waals surface area (Å²) in [6.07, 6.45) is 7.14. The van der Waals surface area contributed by atoms with Gasteiger partial charge in [0.05, 0.1) is 7.11 Å². The smallest absolute Gasteiger partial charge is 0.119 e. The van der Waals surface area contributed by atoms with Gasteiger partial charge in [-0.25, -0.2) is 0 Å². The second kappa shape index (κ2) is 4.88. The zero-order valence-electron chi connectivity index (χ0n) is 10.0. The summed E-state index contributed by atoms with van der Waals surface area (Å²) in [7, 11) is 1.71. The highest BCUT2D eigenvalue weighted by Crippen LogP contribution is 2.31. The van der Waals surface area contributed by atoms with Crippen molar-refractivity contribution in [1.29, 1.82) is 0 Å². The summed E-state index contributed by atoms with van der Waals surface area (Å²) in [6.45, 7) is 0. The summed E-state index contributed by atoms with van der Waals surface area (Å²) >= 11 is 0. The van der Waals surface area contributed by atoms with E-state index in [1.807, 2.05) is 12.1 Å². The molecule has 2 N–H and O–H groups in total. The molecule has 1 aliphatic carbocycles. The maximum absolute atomic E-state index is 6.35. The summed E-state index contributed by atoms with van der Waals surface area (Å²) < 4.78 is 5.22. The Morgan fingerprint density at radius 2 is 2.06 bits per heavy atom. The first kappa shape index (κ1) is 11.5. The Bertz CT molecular complexity index is 342. The Labute approximate surface area is 97.8 Å². The molecule has 0 aromatic heterocycles. The van der Waals surface area contributed by atoms with Gasteiger partial charge in [-0.3, -0.25) is 0 Å². The molecule has 1 aromatic carbocycles. The Hall–Kier alpha value is -1.02. The molecule has 0 atom stereocenters. The van der Waals surface area contributed by atoms with Crippen molar-refractivity contribution in [2.75, 3.05) is 7.11 Å². The van der Waals surface area contributed by atoms with E-state index >= 15 is 0 Å². The van der Waals surface area contributed by atoms with Crippen molar-refractivity contribution in [2.45, 2.75) is 44.1 Å². The fraction of sp³-hybridized carbons (Fsp3) is 0.571. The molecular formula is C14H21NO. The topological polar surface area (TPSA) is 35.2 Å². The molecular weight excluding hydrogens is 198 g/mol. The van der Waals surface area contributed by atoms with Crippen molar-refractivity contribution in [3.05, 3.63) is 29.8 Å². The number of hydrogen-bond acceptors (Lipinski definition) is 2. The van der Waals surface area contributed by atoms with E-state index < -0.39 is 0 Å². The molecule has 16 heavy (non-hydrogen) atoms. The SMILES string of the molecule is COc1cccc(CCC2(N)CCCC2)c1. The highest BCUT2D eigenvalue weighted by Gasteiger charge is 2.28. The molecule has 0 radical (unpaired) electrons. The van der Waals surface area contributed by atoms with E-state index in [0.29, 0.717) is 0 Å². The molecule has 1 aliphatic rings. The highest BCUT2D eigenvalue weighted by atomic mass is 16.5. The van der Waals surface area contributed by atoms with E-state index in [2.05, 4.69) is 12.1 Å². The Morgan fingerprint density at radius 3 is 2.75 bits per heavy atom. The number of benzene rings is 1. The van der Waals surface area contributed by atoms with Gasteiger partial charge < -0.3 is 10.5 Å². The minimum Gasteiger partial charge on any atom is -0.497 e. The summed E-state index contributed by atoms with van der Waals surface area (Å²) in [5.41, 5.74) is 7.78. The van der Waals surface area contributed by atoms with Crippen LogP contribution in [0.25, 0.3) is 0 Å². The van der Waals surface area contributed by atoms with Crippen molar-refractivity contribution in [3.8, 4) is 5.75 Å². The van der Waals surface area contributed by atoms with E-state index in [-0.39, 0.29) is 5.54 Å². The molecule has 0 amide bonds. The summed E-state index contributed by atoms with van der Waals surface area (Å²) in [5, 5.41) is 0. The number of hydrogen-bond donors (Lipinski definition) is 1. The molecule has 0 spiro atoms. The van der Waals surface area contributed by atoms with Crippen molar-refractivity contribution < 1.29 is 4.74 Å². The van der Waals surface area contributed by atoms with Crippen LogP contribution in [0.1, 0.15) is 37.7 Å². The van der Waals surface area contributed by atoms with Gasteiger partial charge in [-0.1, -0.05) is 25.0 Å². The molecule has 2 heteroatoms. The van der Waals surface area contributed by atoms with Crippen molar-refractivity contribution >= 4 is 0 Å². The third-order valence-corrected chi connectivity index (χ3v) is 3.65. The van der Waals surface area contributed by atoms with Gasteiger partial charge >= 0.3 is 0 Å². The lowest BCUT2D eigenvalue weighted by molar-refractivity contribution is 0.402. The zero-order valence-corrected chi connectivity index (χ0v) is 10.0. The molecule has 1 fully saturated rings. The molecule has 1 aromatic rings. The first-order valence-corrected chi connectivity index (χ1v) is 6.14. The van der Waals surface area contributed by atoms with Crippen molar-refractivity contribution in [3.63, 3.8) is 0 Å². The lowest BCUT2D eigenvalue weighted by Gasteiger charge is -2.23. The van der Waals surface area contributed by atoms with Gasteiger partial charge in [-0.15, -0.1) is 0 Å². The number of ether oxygens (including phenoxy) is 1. The minimum absolute atomic E-state index is 0.100. The maximum Gasteiger partial charge on any atom is 0.119 e. The van der Waals surface area contributed by atoms with Crippen LogP contribution in [0.2, 0.25) is 0 Å². The Kier molecular flexibility index (Phi) is 3.49. The normalized spacial score (nSPS) is 18.6. The molecule has 1 saturated carbocycles. The van der Waals surface area contributed by atoms with Gasteiger partial charge in [0.1, 0.15) is 5.75 Å².